The number of hydrogen-bond donors (Lipinski definition) is 5. The number of hydrogen-bond acceptors (Lipinski definition) is 4. The Balaban J connectivity index is 0.00000179. The smallest absolute Gasteiger partial charge is 0.402 e. The molecule has 0 bridgehead atoms. The summed E-state index contributed by atoms with van der Waals surface area (Å²) >= 11 is 0. The first-order valence-electron chi connectivity index (χ1n) is 16.1. The van der Waals surface area contributed by atoms with Gasteiger partial charge in [-0.3, -0.25) is 4.79 Å². The van der Waals surface area contributed by atoms with Gasteiger partial charge in [-0.1, -0.05) is 24.3 Å². The summed E-state index contributed by atoms with van der Waals surface area (Å²) < 4.78 is 317. The molecule has 4 nitrogen and oxygen atoms in total. The highest BCUT2D eigenvalue weighted by Crippen LogP contribution is 3.05. The minimum absolute atomic E-state index is 0.00639. The van der Waals surface area contributed by atoms with Gasteiger partial charge in [-0.2, -0.15) is 18.1 Å². The Kier molecular flexibility index (Phi) is 13.0. The van der Waals surface area contributed by atoms with Crippen molar-refractivity contribution in [1.29, 1.82) is 0 Å². The molecule has 1 heterocycles. The fraction of sp³-hybridized carbons (Fsp3) is 0.0278. The molecular formula is C36H15BF20O4S2. The zero-order chi connectivity index (χ0) is 47.7. The molecule has 5 aromatic rings. The van der Waals surface area contributed by atoms with Crippen LogP contribution in [-0.4, -0.2) is 28.2 Å². The van der Waals surface area contributed by atoms with Crippen molar-refractivity contribution in [2.45, 2.75) is 26.5 Å². The molecule has 5 aromatic carbocycles. The third-order valence-electron chi connectivity index (χ3n) is 9.25. The van der Waals surface area contributed by atoms with Crippen molar-refractivity contribution in [1.82, 2.24) is 0 Å². The molecule has 1 unspecified atom stereocenters. The molecule has 63 heavy (non-hydrogen) atoms. The lowest BCUT2D eigenvalue weighted by atomic mass is 10.0. The summed E-state index contributed by atoms with van der Waals surface area (Å²) in [6.45, 7) is 1.02. The lowest BCUT2D eigenvalue weighted by Gasteiger charge is -2.66. The molecule has 0 fully saturated rings. The highest BCUT2D eigenvalue weighted by Gasteiger charge is 2.66. The maximum Gasteiger partial charge on any atom is 0.631 e. The molecule has 0 radical (unpaired) electrons. The molecule has 0 aromatic heterocycles. The van der Waals surface area contributed by atoms with E-state index in [4.69, 9.17) is 15.1 Å². The van der Waals surface area contributed by atoms with Crippen LogP contribution >= 0.6 is 18.1 Å². The highest BCUT2D eigenvalue weighted by atomic mass is 33.2. The van der Waals surface area contributed by atoms with Gasteiger partial charge in [0.05, 0.1) is 19.6 Å². The summed E-state index contributed by atoms with van der Waals surface area (Å²) in [7, 11) is -16.7. The second-order valence-corrected chi connectivity index (χ2v) is 21.5. The minimum atomic E-state index is -9.64. The first kappa shape index (κ1) is 48.5. The second kappa shape index (κ2) is 16.9. The van der Waals surface area contributed by atoms with Crippen molar-refractivity contribution in [3.63, 3.8) is 0 Å². The Labute approximate surface area is 339 Å². The molecule has 6 rings (SSSR count). The van der Waals surface area contributed by atoms with Gasteiger partial charge in [-0.25, -0.2) is 87.8 Å². The molecule has 0 saturated carbocycles. The van der Waals surface area contributed by atoms with E-state index < -0.39 is 178 Å². The standard InChI is InChI=1S/C36H12F20OS2.BH3O3/c1-9(57)10-2-4-11(5-3-10)12-6-7-58(8-12)59(33-25(49)17(41)13(37)18(42)26(33)50,34-27(51)19(43)14(38)20(44)28(34)52,35-29(53)21(45)15(39)22(46)30(35)54)36-31(55)23(47)16(40)24(48)32(36)56;2-1(3)4/h2-8,58-59H,1H3;2-4H. The third-order valence-corrected chi connectivity index (χ3v) is 22.1. The van der Waals surface area contributed by atoms with E-state index in [2.05, 4.69) is 0 Å². The van der Waals surface area contributed by atoms with E-state index >= 15 is 70.2 Å². The van der Waals surface area contributed by atoms with Crippen LogP contribution < -0.4 is 0 Å². The van der Waals surface area contributed by atoms with Crippen molar-refractivity contribution < 1.29 is 108 Å². The molecule has 0 aliphatic carbocycles. The number of rotatable bonds is 7. The van der Waals surface area contributed by atoms with E-state index in [1.807, 2.05) is 0 Å². The zero-order valence-electron chi connectivity index (χ0n) is 29.8. The number of carbonyl (C=O) groups excluding carboxylic acids is 1. The summed E-state index contributed by atoms with van der Waals surface area (Å²) in [4.78, 5) is -2.37. The Morgan fingerprint density at radius 1 is 0.429 bits per heavy atom. The van der Waals surface area contributed by atoms with Crippen LogP contribution in [0.25, 0.3) is 5.57 Å². The molecule has 338 valence electrons. The largest absolute Gasteiger partial charge is 0.631 e. The second-order valence-electron chi connectivity index (χ2n) is 12.5. The Hall–Kier alpha value is -5.51. The highest BCUT2D eigenvalue weighted by molar-refractivity contribution is 9.11. The maximum atomic E-state index is 16.8. The van der Waals surface area contributed by atoms with Crippen molar-refractivity contribution in [2.24, 2.45) is 0 Å². The van der Waals surface area contributed by atoms with Crippen LogP contribution in [0.2, 0.25) is 0 Å². The van der Waals surface area contributed by atoms with Gasteiger partial charge in [-0.05, 0) is 35.0 Å². The van der Waals surface area contributed by atoms with Gasteiger partial charge in [0.1, 0.15) is 0 Å². The molecule has 27 heteroatoms. The summed E-state index contributed by atoms with van der Waals surface area (Å²) in [6.07, 6.45) is 0.423. The van der Waals surface area contributed by atoms with Crippen LogP contribution in [-0.2, 0) is 0 Å². The first-order chi connectivity index (χ1) is 29.2. The summed E-state index contributed by atoms with van der Waals surface area (Å²) in [5.41, 5.74) is -1.32. The number of carbonyl (C=O) groups is 1. The van der Waals surface area contributed by atoms with Crippen LogP contribution in [0.5, 0.6) is 0 Å². The Morgan fingerprint density at radius 2 is 0.651 bits per heavy atom. The van der Waals surface area contributed by atoms with Crippen LogP contribution in [0.15, 0.2) is 60.7 Å². The van der Waals surface area contributed by atoms with E-state index in [1.54, 1.807) is 0 Å². The van der Waals surface area contributed by atoms with Crippen molar-refractivity contribution in [3.8, 4) is 0 Å². The number of halogens is 20. The van der Waals surface area contributed by atoms with Crippen molar-refractivity contribution >= 4 is 36.8 Å². The molecule has 0 amide bonds. The number of Topliss-reactive ketones (excluding diaryl/α,β-unsaturated/α-hetero) is 1. The fourth-order valence-corrected chi connectivity index (χ4v) is 21.2. The topological polar surface area (TPSA) is 77.8 Å². The monoisotopic (exact) mass is 966 g/mol. The molecule has 0 saturated heterocycles. The molecule has 1 atom stereocenters. The number of allylic oxidation sites excluding steroid dienone is 2. The van der Waals surface area contributed by atoms with Gasteiger partial charge in [-0.15, -0.1) is 0 Å². The lowest BCUT2D eigenvalue weighted by Crippen LogP contribution is -2.33. The number of benzene rings is 5. The normalized spacial score (nSPS) is 14.9. The summed E-state index contributed by atoms with van der Waals surface area (Å²) in [6, 6.07) is 3.73. The van der Waals surface area contributed by atoms with Crippen molar-refractivity contribution in [2.75, 3.05) is 0 Å². The molecule has 0 spiro atoms. The Bertz CT molecular complexity index is 2450. The minimum Gasteiger partial charge on any atom is -0.402 e. The van der Waals surface area contributed by atoms with Crippen LogP contribution in [0, 0.1) is 116 Å². The zero-order valence-corrected chi connectivity index (χ0v) is 31.6. The molecular weight excluding hydrogens is 951 g/mol. The van der Waals surface area contributed by atoms with E-state index in [-0.39, 0.29) is 16.4 Å². The van der Waals surface area contributed by atoms with Gasteiger partial charge < -0.3 is 15.1 Å². The van der Waals surface area contributed by atoms with Gasteiger partial charge in [0.15, 0.2) is 98.9 Å². The SMILES string of the molecule is CC(=O)c1ccc(C2=C[SH]([SH](c3c(F)c(F)c(F)c(F)c3F)(c3c(F)c(F)c(F)c(F)c3F)(c3c(F)c(F)c(F)c(F)c3F)c3c(F)c(F)c(F)c(F)c3F)C=C2)cc1.OB(O)O. The van der Waals surface area contributed by atoms with Gasteiger partial charge >= 0.3 is 7.32 Å². The van der Waals surface area contributed by atoms with E-state index in [9.17, 15) is 22.4 Å². The maximum absolute atomic E-state index is 16.8. The predicted molar refractivity (Wildman–Crippen MR) is 182 cm³/mol. The van der Waals surface area contributed by atoms with E-state index in [0.29, 0.717) is 6.08 Å². The number of thiol groups is 2. The molecule has 1 aliphatic rings. The Morgan fingerprint density at radius 3 is 0.873 bits per heavy atom. The molecule has 1 aliphatic heterocycles. The first-order valence-corrected chi connectivity index (χ1v) is 20.5. The van der Waals surface area contributed by atoms with E-state index in [0.717, 1.165) is 31.2 Å². The van der Waals surface area contributed by atoms with E-state index in [1.165, 1.54) is 0 Å². The predicted octanol–water partition coefficient (Wildman–Crippen LogP) is 10.7. The molecule has 3 N–H and O–H groups in total. The quantitative estimate of drug-likeness (QED) is 0.0214. The van der Waals surface area contributed by atoms with Gasteiger partial charge in [0.2, 0.25) is 23.3 Å². The fourth-order valence-electron chi connectivity index (χ4n) is 6.74. The van der Waals surface area contributed by atoms with Gasteiger partial charge in [0.25, 0.3) is 0 Å². The number of ketones is 1. The average molecular weight is 966 g/mol. The average Bonchev–Trinajstić information content (AvgIpc) is 3.75. The summed E-state index contributed by atoms with van der Waals surface area (Å²) in [5.74, 6) is -72.5. The van der Waals surface area contributed by atoms with Crippen LogP contribution in [0.3, 0.4) is 0 Å². The van der Waals surface area contributed by atoms with Gasteiger partial charge in [0, 0.05) is 5.56 Å². The summed E-state index contributed by atoms with van der Waals surface area (Å²) in [5, 5.41) is 21.5. The van der Waals surface area contributed by atoms with Crippen LogP contribution in [0.1, 0.15) is 22.8 Å². The van der Waals surface area contributed by atoms with Crippen molar-refractivity contribution in [3.05, 3.63) is 169 Å². The van der Waals surface area contributed by atoms with Crippen LogP contribution in [0.4, 0.5) is 87.8 Å². The lowest BCUT2D eigenvalue weighted by molar-refractivity contribution is 0.101. The third kappa shape index (κ3) is 6.76.